The zero-order valence-corrected chi connectivity index (χ0v) is 12.5. The van der Waals surface area contributed by atoms with Crippen LogP contribution in [-0.4, -0.2) is 44.9 Å². The Morgan fingerprint density at radius 1 is 1.00 bits per heavy atom. The number of benzene rings is 1. The van der Waals surface area contributed by atoms with E-state index in [1.807, 2.05) is 12.1 Å². The maximum absolute atomic E-state index is 5.59. The number of hydrogen-bond donors (Lipinski definition) is 0. The van der Waals surface area contributed by atoms with E-state index in [9.17, 15) is 0 Å². The molecule has 0 amide bonds. The van der Waals surface area contributed by atoms with Gasteiger partial charge in [0.25, 0.3) is 0 Å². The SMILES string of the molecule is CCCCN(C)CCOCCOc1ccc(C)cc1. The van der Waals surface area contributed by atoms with Gasteiger partial charge >= 0.3 is 0 Å². The molecule has 0 saturated heterocycles. The molecule has 108 valence electrons. The second-order valence-corrected chi connectivity index (χ2v) is 4.93. The van der Waals surface area contributed by atoms with Gasteiger partial charge in [0.2, 0.25) is 0 Å². The summed E-state index contributed by atoms with van der Waals surface area (Å²) in [5.74, 6) is 0.911. The molecular formula is C16H27NO2. The molecule has 0 atom stereocenters. The van der Waals surface area contributed by atoms with Crippen molar-refractivity contribution in [1.82, 2.24) is 4.90 Å². The zero-order valence-electron chi connectivity index (χ0n) is 12.5. The summed E-state index contributed by atoms with van der Waals surface area (Å²) in [6.45, 7) is 8.47. The van der Waals surface area contributed by atoms with Gasteiger partial charge in [0.05, 0.1) is 13.2 Å². The topological polar surface area (TPSA) is 21.7 Å². The normalized spacial score (nSPS) is 10.9. The summed E-state index contributed by atoms with van der Waals surface area (Å²) in [4.78, 5) is 2.31. The van der Waals surface area contributed by atoms with Crippen LogP contribution in [0, 0.1) is 6.92 Å². The maximum Gasteiger partial charge on any atom is 0.119 e. The van der Waals surface area contributed by atoms with E-state index in [1.54, 1.807) is 0 Å². The highest BCUT2D eigenvalue weighted by molar-refractivity contribution is 5.26. The van der Waals surface area contributed by atoms with Gasteiger partial charge in [-0.05, 0) is 39.1 Å². The summed E-state index contributed by atoms with van der Waals surface area (Å²) in [5.41, 5.74) is 1.25. The average molecular weight is 265 g/mol. The molecule has 1 aromatic rings. The quantitative estimate of drug-likeness (QED) is 0.607. The smallest absolute Gasteiger partial charge is 0.119 e. The van der Waals surface area contributed by atoms with Gasteiger partial charge in [-0.25, -0.2) is 0 Å². The van der Waals surface area contributed by atoms with Crippen molar-refractivity contribution >= 4 is 0 Å². The number of rotatable bonds is 10. The Balaban J connectivity index is 1.98. The molecule has 0 fully saturated rings. The summed E-state index contributed by atoms with van der Waals surface area (Å²) < 4.78 is 11.2. The maximum atomic E-state index is 5.59. The van der Waals surface area contributed by atoms with E-state index >= 15 is 0 Å². The molecule has 0 N–H and O–H groups in total. The molecule has 0 aliphatic carbocycles. The van der Waals surface area contributed by atoms with Crippen molar-refractivity contribution in [2.24, 2.45) is 0 Å². The summed E-state index contributed by atoms with van der Waals surface area (Å²) in [7, 11) is 2.14. The van der Waals surface area contributed by atoms with Gasteiger partial charge in [0.1, 0.15) is 12.4 Å². The van der Waals surface area contributed by atoms with Gasteiger partial charge in [-0.3, -0.25) is 0 Å². The molecule has 3 nitrogen and oxygen atoms in total. The lowest BCUT2D eigenvalue weighted by atomic mass is 10.2. The van der Waals surface area contributed by atoms with Crippen LogP contribution in [0.1, 0.15) is 25.3 Å². The first-order valence-corrected chi connectivity index (χ1v) is 7.18. The van der Waals surface area contributed by atoms with Crippen molar-refractivity contribution in [3.63, 3.8) is 0 Å². The van der Waals surface area contributed by atoms with E-state index in [1.165, 1.54) is 18.4 Å². The van der Waals surface area contributed by atoms with Gasteiger partial charge in [-0.1, -0.05) is 31.0 Å². The number of unbranched alkanes of at least 4 members (excludes halogenated alkanes) is 1. The van der Waals surface area contributed by atoms with Crippen molar-refractivity contribution in [3.05, 3.63) is 29.8 Å². The first-order valence-electron chi connectivity index (χ1n) is 7.18. The highest BCUT2D eigenvalue weighted by atomic mass is 16.5. The van der Waals surface area contributed by atoms with Crippen LogP contribution in [0.3, 0.4) is 0 Å². The lowest BCUT2D eigenvalue weighted by molar-refractivity contribution is 0.0847. The van der Waals surface area contributed by atoms with E-state index in [2.05, 4.69) is 37.9 Å². The van der Waals surface area contributed by atoms with E-state index < -0.39 is 0 Å². The second kappa shape index (κ2) is 9.82. The van der Waals surface area contributed by atoms with E-state index in [0.717, 1.165) is 25.4 Å². The Labute approximate surface area is 117 Å². The van der Waals surface area contributed by atoms with Crippen LogP contribution in [0.4, 0.5) is 0 Å². The number of ether oxygens (including phenoxy) is 2. The molecule has 0 bridgehead atoms. The van der Waals surface area contributed by atoms with E-state index in [0.29, 0.717) is 13.2 Å². The fraction of sp³-hybridized carbons (Fsp3) is 0.625. The molecule has 3 heteroatoms. The third-order valence-corrected chi connectivity index (χ3v) is 3.03. The Bertz CT molecular complexity index is 324. The molecule has 0 aromatic heterocycles. The van der Waals surface area contributed by atoms with Gasteiger partial charge < -0.3 is 14.4 Å². The van der Waals surface area contributed by atoms with E-state index in [4.69, 9.17) is 9.47 Å². The van der Waals surface area contributed by atoms with Crippen LogP contribution in [-0.2, 0) is 4.74 Å². The number of aryl methyl sites for hydroxylation is 1. The van der Waals surface area contributed by atoms with Crippen LogP contribution in [0.25, 0.3) is 0 Å². The molecule has 0 radical (unpaired) electrons. The molecule has 0 spiro atoms. The molecular weight excluding hydrogens is 238 g/mol. The van der Waals surface area contributed by atoms with Gasteiger partial charge in [-0.2, -0.15) is 0 Å². The van der Waals surface area contributed by atoms with E-state index in [-0.39, 0.29) is 0 Å². The van der Waals surface area contributed by atoms with Crippen molar-refractivity contribution in [1.29, 1.82) is 0 Å². The predicted molar refractivity (Wildman–Crippen MR) is 79.9 cm³/mol. The minimum Gasteiger partial charge on any atom is -0.491 e. The van der Waals surface area contributed by atoms with Crippen LogP contribution in [0.5, 0.6) is 5.75 Å². The number of hydrogen-bond acceptors (Lipinski definition) is 3. The minimum absolute atomic E-state index is 0.613. The third kappa shape index (κ3) is 7.85. The van der Waals surface area contributed by atoms with Gasteiger partial charge in [0.15, 0.2) is 0 Å². The minimum atomic E-state index is 0.613. The fourth-order valence-electron chi connectivity index (χ4n) is 1.72. The summed E-state index contributed by atoms with van der Waals surface area (Å²) >= 11 is 0. The first kappa shape index (κ1) is 16.0. The molecule has 0 aliphatic heterocycles. The second-order valence-electron chi connectivity index (χ2n) is 4.93. The Morgan fingerprint density at radius 2 is 1.74 bits per heavy atom. The lowest BCUT2D eigenvalue weighted by Gasteiger charge is -2.16. The molecule has 0 aliphatic rings. The van der Waals surface area contributed by atoms with Crippen LogP contribution in [0.15, 0.2) is 24.3 Å². The number of nitrogens with zero attached hydrogens (tertiary/aromatic N) is 1. The predicted octanol–water partition coefficient (Wildman–Crippen LogP) is 3.12. The molecule has 1 rings (SSSR count). The van der Waals surface area contributed by atoms with Crippen molar-refractivity contribution in [2.45, 2.75) is 26.7 Å². The van der Waals surface area contributed by atoms with Crippen LogP contribution < -0.4 is 4.74 Å². The monoisotopic (exact) mass is 265 g/mol. The Hall–Kier alpha value is -1.06. The van der Waals surface area contributed by atoms with Crippen LogP contribution in [0.2, 0.25) is 0 Å². The molecule has 0 unspecified atom stereocenters. The standard InChI is InChI=1S/C16H27NO2/c1-4-5-10-17(3)11-12-18-13-14-19-16-8-6-15(2)7-9-16/h6-9H,4-5,10-14H2,1-3H3. The summed E-state index contributed by atoms with van der Waals surface area (Å²) in [6, 6.07) is 8.10. The highest BCUT2D eigenvalue weighted by Gasteiger charge is 1.97. The van der Waals surface area contributed by atoms with Gasteiger partial charge in [0, 0.05) is 6.54 Å². The molecule has 0 heterocycles. The number of likely N-dealkylation sites (N-methyl/N-ethyl adjacent to an activating group) is 1. The Kier molecular flexibility index (Phi) is 8.26. The van der Waals surface area contributed by atoms with Crippen molar-refractivity contribution < 1.29 is 9.47 Å². The largest absolute Gasteiger partial charge is 0.491 e. The third-order valence-electron chi connectivity index (χ3n) is 3.03. The summed E-state index contributed by atoms with van der Waals surface area (Å²) in [5, 5.41) is 0. The van der Waals surface area contributed by atoms with Crippen LogP contribution >= 0.6 is 0 Å². The van der Waals surface area contributed by atoms with Crippen molar-refractivity contribution in [2.75, 3.05) is 40.0 Å². The average Bonchev–Trinajstić information content (AvgIpc) is 2.42. The summed E-state index contributed by atoms with van der Waals surface area (Å²) in [6.07, 6.45) is 2.50. The Morgan fingerprint density at radius 3 is 2.42 bits per heavy atom. The molecule has 1 aromatic carbocycles. The zero-order chi connectivity index (χ0) is 13.9. The van der Waals surface area contributed by atoms with Gasteiger partial charge in [-0.15, -0.1) is 0 Å². The molecule has 0 saturated carbocycles. The molecule has 19 heavy (non-hydrogen) atoms. The lowest BCUT2D eigenvalue weighted by Crippen LogP contribution is -2.25. The first-order chi connectivity index (χ1) is 9.22. The highest BCUT2D eigenvalue weighted by Crippen LogP contribution is 2.10. The fourth-order valence-corrected chi connectivity index (χ4v) is 1.72. The van der Waals surface area contributed by atoms with Crippen molar-refractivity contribution in [3.8, 4) is 5.75 Å².